The summed E-state index contributed by atoms with van der Waals surface area (Å²) in [7, 11) is 0. The summed E-state index contributed by atoms with van der Waals surface area (Å²) in [5, 5.41) is 8.94. The average Bonchev–Trinajstić information content (AvgIpc) is 2.87. The highest BCUT2D eigenvalue weighted by molar-refractivity contribution is 6.46. The lowest BCUT2D eigenvalue weighted by molar-refractivity contribution is -0.129. The van der Waals surface area contributed by atoms with Crippen molar-refractivity contribution in [3.05, 3.63) is 95.3 Å². The molecule has 7 nitrogen and oxygen atoms in total. The highest BCUT2D eigenvalue weighted by Gasteiger charge is 2.34. The first-order chi connectivity index (χ1) is 16.9. The first-order valence-electron chi connectivity index (χ1n) is 11.5. The molecule has 7 heteroatoms. The zero-order valence-corrected chi connectivity index (χ0v) is 19.9. The summed E-state index contributed by atoms with van der Waals surface area (Å²) in [6, 6.07) is 19.1. The smallest absolute Gasteiger partial charge is 0.269 e. The summed E-state index contributed by atoms with van der Waals surface area (Å²) in [4.78, 5) is 35.0. The van der Waals surface area contributed by atoms with Gasteiger partial charge in [0.1, 0.15) is 23.9 Å². The second-order valence-corrected chi connectivity index (χ2v) is 8.62. The van der Waals surface area contributed by atoms with Gasteiger partial charge in [0, 0.05) is 18.9 Å². The molecule has 0 saturated heterocycles. The van der Waals surface area contributed by atoms with Crippen molar-refractivity contribution in [3.63, 3.8) is 0 Å². The predicted molar refractivity (Wildman–Crippen MR) is 135 cm³/mol. The normalized spacial score (nSPS) is 14.3. The Morgan fingerprint density at radius 1 is 1.06 bits per heavy atom. The highest BCUT2D eigenvalue weighted by Crippen LogP contribution is 2.27. The fourth-order valence-electron chi connectivity index (χ4n) is 4.02. The molecule has 1 N–H and O–H groups in total. The number of nitrogens with one attached hydrogen (secondary N) is 1. The fourth-order valence-corrected chi connectivity index (χ4v) is 4.02. The van der Waals surface area contributed by atoms with Gasteiger partial charge in [-0.15, -0.1) is 0 Å². The van der Waals surface area contributed by atoms with Crippen LogP contribution in [0.5, 0.6) is 5.75 Å². The third-order valence-electron chi connectivity index (χ3n) is 5.86. The molecule has 1 aliphatic heterocycles. The monoisotopic (exact) mass is 468 g/mol. The Hall–Kier alpha value is -4.13. The summed E-state index contributed by atoms with van der Waals surface area (Å²) >= 11 is 0. The second-order valence-electron chi connectivity index (χ2n) is 8.62. The van der Waals surface area contributed by atoms with Crippen LogP contribution in [0.4, 0.5) is 0 Å². The molecule has 1 atom stereocenters. The van der Waals surface area contributed by atoms with Crippen molar-refractivity contribution in [2.24, 2.45) is 4.99 Å². The minimum Gasteiger partial charge on any atom is -0.489 e. The van der Waals surface area contributed by atoms with Crippen LogP contribution in [0, 0.1) is 12.3 Å². The van der Waals surface area contributed by atoms with E-state index < -0.39 is 5.92 Å². The van der Waals surface area contributed by atoms with E-state index in [1.165, 1.54) is 17.4 Å². The number of aromatic nitrogens is 1. The predicted octanol–water partition coefficient (Wildman–Crippen LogP) is 3.99. The van der Waals surface area contributed by atoms with Crippen LogP contribution in [0.15, 0.2) is 78.0 Å². The molecule has 35 heavy (non-hydrogen) atoms. The van der Waals surface area contributed by atoms with E-state index in [1.807, 2.05) is 43.3 Å². The minimum absolute atomic E-state index is 0.0406. The number of amides is 1. The lowest BCUT2D eigenvalue weighted by atomic mass is 9.85. The molecule has 1 aromatic heterocycles. The largest absolute Gasteiger partial charge is 0.489 e. The maximum atomic E-state index is 13.3. The van der Waals surface area contributed by atoms with Crippen molar-refractivity contribution in [2.45, 2.75) is 26.4 Å². The summed E-state index contributed by atoms with van der Waals surface area (Å²) in [6.45, 7) is 4.78. The van der Waals surface area contributed by atoms with Gasteiger partial charge in [-0.3, -0.25) is 19.6 Å². The van der Waals surface area contributed by atoms with Crippen molar-refractivity contribution in [1.82, 2.24) is 9.88 Å². The van der Waals surface area contributed by atoms with E-state index in [0.29, 0.717) is 31.0 Å². The molecule has 3 aromatic rings. The quantitative estimate of drug-likeness (QED) is 0.480. The number of carbonyl (C=O) groups is 2. The van der Waals surface area contributed by atoms with Gasteiger partial charge in [0.15, 0.2) is 0 Å². The Morgan fingerprint density at radius 3 is 2.40 bits per heavy atom. The first kappa shape index (κ1) is 24.0. The number of Topliss-reactive ketones (excluding diaryl/α,β-unsaturated/α-hetero) is 1. The molecule has 0 spiro atoms. The summed E-state index contributed by atoms with van der Waals surface area (Å²) in [6.07, 6.45) is 3.24. The number of benzene rings is 2. The number of ketones is 1. The molecule has 0 radical (unpaired) electrons. The van der Waals surface area contributed by atoms with Gasteiger partial charge in [-0.2, -0.15) is 0 Å². The van der Waals surface area contributed by atoms with Gasteiger partial charge in [-0.1, -0.05) is 42.0 Å². The van der Waals surface area contributed by atoms with E-state index >= 15 is 0 Å². The lowest BCUT2D eigenvalue weighted by Gasteiger charge is -2.30. The van der Waals surface area contributed by atoms with E-state index in [4.69, 9.17) is 10.1 Å². The lowest BCUT2D eigenvalue weighted by Crippen LogP contribution is -2.47. The van der Waals surface area contributed by atoms with Gasteiger partial charge in [0.2, 0.25) is 0 Å². The molecular weight excluding hydrogens is 440 g/mol. The van der Waals surface area contributed by atoms with Gasteiger partial charge in [0.05, 0.1) is 24.7 Å². The second kappa shape index (κ2) is 10.9. The van der Waals surface area contributed by atoms with Gasteiger partial charge in [0.25, 0.3) is 5.91 Å². The molecule has 0 bridgehead atoms. The number of ether oxygens (including phenoxy) is 1. The van der Waals surface area contributed by atoms with Crippen molar-refractivity contribution in [1.29, 1.82) is 5.41 Å². The number of rotatable bonds is 9. The van der Waals surface area contributed by atoms with E-state index in [-0.39, 0.29) is 29.7 Å². The van der Waals surface area contributed by atoms with Crippen LogP contribution >= 0.6 is 0 Å². The van der Waals surface area contributed by atoms with Crippen LogP contribution < -0.4 is 4.74 Å². The molecular formula is C28H28N4O3. The number of aliphatic imine (C=N–C) groups is 1. The van der Waals surface area contributed by atoms with E-state index in [9.17, 15) is 9.59 Å². The van der Waals surface area contributed by atoms with Gasteiger partial charge < -0.3 is 15.0 Å². The van der Waals surface area contributed by atoms with Gasteiger partial charge in [-0.25, -0.2) is 0 Å². The molecule has 2 heterocycles. The number of hydrogen-bond acceptors (Lipinski definition) is 6. The summed E-state index contributed by atoms with van der Waals surface area (Å²) in [5.74, 6) is -0.380. The summed E-state index contributed by atoms with van der Waals surface area (Å²) in [5.41, 5.74) is 4.20. The fraction of sp³-hybridized carbons (Fsp3) is 0.250. The molecule has 1 aliphatic rings. The van der Waals surface area contributed by atoms with Crippen LogP contribution in [0.1, 0.15) is 35.1 Å². The molecule has 0 aliphatic carbocycles. The molecule has 1 unspecified atom stereocenters. The van der Waals surface area contributed by atoms with Crippen LogP contribution in [0.2, 0.25) is 0 Å². The van der Waals surface area contributed by atoms with Crippen LogP contribution in [0.25, 0.3) is 0 Å². The number of aryl methyl sites for hydroxylation is 1. The van der Waals surface area contributed by atoms with Crippen LogP contribution in [0.3, 0.4) is 0 Å². The number of carbonyl (C=O) groups excluding carboxylic acids is 2. The average molecular weight is 469 g/mol. The van der Waals surface area contributed by atoms with Gasteiger partial charge in [-0.05, 0) is 54.8 Å². The number of hydrogen-bond donors (Lipinski definition) is 1. The molecule has 178 valence electrons. The number of nitrogens with zero attached hydrogens (tertiary/aromatic N) is 3. The SMILES string of the molecule is CC(=O)CN1CCN=C(C(C(=N)c2ccncc2)c2ccc(OCc3ccc(C)cc3)cc2)C1=O. The highest BCUT2D eigenvalue weighted by atomic mass is 16.5. The third-order valence-corrected chi connectivity index (χ3v) is 5.86. The summed E-state index contributed by atoms with van der Waals surface area (Å²) < 4.78 is 5.93. The Balaban J connectivity index is 1.60. The minimum atomic E-state index is -0.675. The molecule has 0 saturated carbocycles. The number of pyridine rings is 1. The van der Waals surface area contributed by atoms with Crippen LogP contribution in [-0.2, 0) is 16.2 Å². The maximum absolute atomic E-state index is 13.3. The van der Waals surface area contributed by atoms with Crippen molar-refractivity contribution < 1.29 is 14.3 Å². The Kier molecular flexibility index (Phi) is 7.45. The van der Waals surface area contributed by atoms with E-state index in [2.05, 4.69) is 22.1 Å². The maximum Gasteiger partial charge on any atom is 0.269 e. The first-order valence-corrected chi connectivity index (χ1v) is 11.5. The zero-order chi connectivity index (χ0) is 24.8. The Morgan fingerprint density at radius 2 is 1.74 bits per heavy atom. The molecule has 4 rings (SSSR count). The third kappa shape index (κ3) is 5.87. The Labute approximate surface area is 205 Å². The zero-order valence-electron chi connectivity index (χ0n) is 19.9. The van der Waals surface area contributed by atoms with Crippen molar-refractivity contribution >= 4 is 23.1 Å². The Bertz CT molecular complexity index is 1240. The van der Waals surface area contributed by atoms with Crippen LogP contribution in [-0.4, -0.2) is 52.6 Å². The van der Waals surface area contributed by atoms with E-state index in [0.717, 1.165) is 11.1 Å². The standard InChI is InChI=1S/C28H28N4O3/c1-19-3-5-21(6-4-19)18-35-24-9-7-22(8-10-24)25(26(29)23-11-13-30-14-12-23)27-28(34)32(16-15-31-27)17-20(2)33/h3-14,25,29H,15-18H2,1-2H3. The van der Waals surface area contributed by atoms with Gasteiger partial charge >= 0.3 is 0 Å². The molecule has 2 aromatic carbocycles. The molecule has 0 fully saturated rings. The topological polar surface area (TPSA) is 95.7 Å². The van der Waals surface area contributed by atoms with E-state index in [1.54, 1.807) is 24.5 Å². The van der Waals surface area contributed by atoms with Crippen molar-refractivity contribution in [2.75, 3.05) is 19.6 Å². The van der Waals surface area contributed by atoms with Crippen molar-refractivity contribution in [3.8, 4) is 5.75 Å². The molecule has 1 amide bonds.